The number of carboxylic acid groups (broad SMARTS) is 1. The van der Waals surface area contributed by atoms with Gasteiger partial charge in [-0.05, 0) is 54.5 Å². The predicted molar refractivity (Wildman–Crippen MR) is 101 cm³/mol. The monoisotopic (exact) mass is 329 g/mol. The summed E-state index contributed by atoms with van der Waals surface area (Å²) in [6.07, 6.45) is 0.783. The Hall–Kier alpha value is -3.07. The molecule has 0 atom stereocenters. The minimum Gasteiger partial charge on any atom is -0.478 e. The van der Waals surface area contributed by atoms with E-state index in [1.54, 1.807) is 12.1 Å². The van der Waals surface area contributed by atoms with E-state index in [9.17, 15) is 4.79 Å². The van der Waals surface area contributed by atoms with Gasteiger partial charge >= 0.3 is 5.97 Å². The molecule has 4 rings (SSSR count). The summed E-state index contributed by atoms with van der Waals surface area (Å²) in [5.41, 5.74) is 6.32. The van der Waals surface area contributed by atoms with Gasteiger partial charge in [0.15, 0.2) is 0 Å². The normalized spacial score (nSPS) is 11.3. The Bertz CT molecular complexity index is 1100. The van der Waals surface area contributed by atoms with Gasteiger partial charge in [-0.25, -0.2) is 4.79 Å². The van der Waals surface area contributed by atoms with Crippen LogP contribution in [0.25, 0.3) is 21.7 Å². The highest BCUT2D eigenvalue weighted by Crippen LogP contribution is 2.33. The first-order chi connectivity index (χ1) is 12.0. The number of H-pyrrole nitrogens is 1. The summed E-state index contributed by atoms with van der Waals surface area (Å²) in [5.74, 6) is -0.892. The molecule has 0 fully saturated rings. The van der Waals surface area contributed by atoms with E-state index >= 15 is 0 Å². The highest BCUT2D eigenvalue weighted by Gasteiger charge is 2.14. The van der Waals surface area contributed by atoms with E-state index in [-0.39, 0.29) is 0 Å². The van der Waals surface area contributed by atoms with Crippen molar-refractivity contribution in [3.63, 3.8) is 0 Å². The Balaban J connectivity index is 1.86. The zero-order valence-corrected chi connectivity index (χ0v) is 14.3. The maximum atomic E-state index is 11.0. The van der Waals surface area contributed by atoms with E-state index < -0.39 is 5.97 Å². The fourth-order valence-corrected chi connectivity index (χ4v) is 3.65. The van der Waals surface area contributed by atoms with Crippen LogP contribution in [0.4, 0.5) is 0 Å². The molecule has 4 aromatic rings. The van der Waals surface area contributed by atoms with E-state index in [4.69, 9.17) is 5.11 Å². The van der Waals surface area contributed by atoms with E-state index in [0.29, 0.717) is 5.56 Å². The van der Waals surface area contributed by atoms with Gasteiger partial charge in [0.1, 0.15) is 0 Å². The topological polar surface area (TPSA) is 53.1 Å². The average Bonchev–Trinajstić information content (AvgIpc) is 2.93. The number of rotatable bonds is 3. The number of benzene rings is 3. The number of fused-ring (bicyclic) bond motifs is 3. The molecule has 2 N–H and O–H groups in total. The molecule has 0 aliphatic heterocycles. The van der Waals surface area contributed by atoms with Gasteiger partial charge < -0.3 is 10.1 Å². The van der Waals surface area contributed by atoms with Crippen molar-refractivity contribution in [1.82, 2.24) is 4.98 Å². The van der Waals surface area contributed by atoms with E-state index in [0.717, 1.165) is 17.7 Å². The van der Waals surface area contributed by atoms with E-state index in [1.165, 1.54) is 32.8 Å². The van der Waals surface area contributed by atoms with Crippen LogP contribution in [0.2, 0.25) is 0 Å². The Kier molecular flexibility index (Phi) is 3.57. The molecule has 0 aliphatic carbocycles. The van der Waals surface area contributed by atoms with E-state index in [2.05, 4.69) is 49.2 Å². The molecule has 0 saturated heterocycles. The quantitative estimate of drug-likeness (QED) is 0.541. The van der Waals surface area contributed by atoms with Crippen LogP contribution in [-0.4, -0.2) is 16.1 Å². The lowest BCUT2D eigenvalue weighted by atomic mass is 9.96. The van der Waals surface area contributed by atoms with Crippen molar-refractivity contribution in [3.05, 3.63) is 82.5 Å². The molecule has 124 valence electrons. The molecule has 3 nitrogen and oxygen atoms in total. The zero-order valence-electron chi connectivity index (χ0n) is 14.3. The average molecular weight is 329 g/mol. The first-order valence-corrected chi connectivity index (χ1v) is 8.36. The van der Waals surface area contributed by atoms with Crippen LogP contribution in [0.3, 0.4) is 0 Å². The van der Waals surface area contributed by atoms with Crippen LogP contribution in [0.1, 0.15) is 32.7 Å². The van der Waals surface area contributed by atoms with Crippen LogP contribution in [-0.2, 0) is 6.42 Å². The molecule has 0 spiro atoms. The standard InChI is InChI=1S/C22H19NO2/c1-13-11-17-5-3-4-6-18(17)21-20(13)19(14(2)23-21)12-15-7-9-16(10-8-15)22(24)25/h3-11,23H,12H2,1-2H3,(H,24,25). The van der Waals surface area contributed by atoms with Crippen molar-refractivity contribution >= 4 is 27.6 Å². The molecule has 0 amide bonds. The van der Waals surface area contributed by atoms with Crippen LogP contribution in [0.15, 0.2) is 54.6 Å². The molecular formula is C22H19NO2. The Morgan fingerprint density at radius 1 is 1.04 bits per heavy atom. The Labute approximate surface area is 145 Å². The number of hydrogen-bond acceptors (Lipinski definition) is 1. The molecule has 0 saturated carbocycles. The minimum atomic E-state index is -0.892. The third-order valence-corrected chi connectivity index (χ3v) is 4.90. The van der Waals surface area contributed by atoms with Crippen LogP contribution < -0.4 is 0 Å². The van der Waals surface area contributed by atoms with Crippen molar-refractivity contribution in [2.75, 3.05) is 0 Å². The molecule has 25 heavy (non-hydrogen) atoms. The molecule has 3 heteroatoms. The molecule has 0 radical (unpaired) electrons. The summed E-state index contributed by atoms with van der Waals surface area (Å²) in [7, 11) is 0. The second-order valence-corrected chi connectivity index (χ2v) is 6.57. The fourth-order valence-electron chi connectivity index (χ4n) is 3.65. The van der Waals surface area contributed by atoms with Gasteiger partial charge in [0.25, 0.3) is 0 Å². The summed E-state index contributed by atoms with van der Waals surface area (Å²) in [6, 6.07) is 17.8. The third kappa shape index (κ3) is 2.58. The van der Waals surface area contributed by atoms with Crippen LogP contribution in [0, 0.1) is 13.8 Å². The largest absolute Gasteiger partial charge is 0.478 e. The second-order valence-electron chi connectivity index (χ2n) is 6.57. The summed E-state index contributed by atoms with van der Waals surface area (Å²) in [4.78, 5) is 14.6. The van der Waals surface area contributed by atoms with E-state index in [1.807, 2.05) is 12.1 Å². The highest BCUT2D eigenvalue weighted by molar-refractivity contribution is 6.08. The van der Waals surface area contributed by atoms with Crippen LogP contribution >= 0.6 is 0 Å². The summed E-state index contributed by atoms with van der Waals surface area (Å²) >= 11 is 0. The molecule has 0 bridgehead atoms. The molecular weight excluding hydrogens is 310 g/mol. The SMILES string of the molecule is Cc1[nH]c2c(c(C)cc3ccccc32)c1Cc1ccc(C(=O)O)cc1. The summed E-state index contributed by atoms with van der Waals surface area (Å²) < 4.78 is 0. The lowest BCUT2D eigenvalue weighted by Crippen LogP contribution is -1.97. The lowest BCUT2D eigenvalue weighted by Gasteiger charge is -2.07. The number of carboxylic acids is 1. The van der Waals surface area contributed by atoms with Crippen molar-refractivity contribution in [1.29, 1.82) is 0 Å². The molecule has 1 heterocycles. The Morgan fingerprint density at radius 2 is 1.76 bits per heavy atom. The number of aromatic amines is 1. The van der Waals surface area contributed by atoms with Crippen molar-refractivity contribution in [2.45, 2.75) is 20.3 Å². The summed E-state index contributed by atoms with van der Waals surface area (Å²) in [6.45, 7) is 4.26. The Morgan fingerprint density at radius 3 is 2.48 bits per heavy atom. The van der Waals surface area contributed by atoms with Gasteiger partial charge in [-0.15, -0.1) is 0 Å². The molecule has 3 aromatic carbocycles. The van der Waals surface area contributed by atoms with Gasteiger partial charge in [-0.1, -0.05) is 42.5 Å². The second kappa shape index (κ2) is 5.78. The maximum absolute atomic E-state index is 11.0. The first-order valence-electron chi connectivity index (χ1n) is 8.36. The van der Waals surface area contributed by atoms with Crippen LogP contribution in [0.5, 0.6) is 0 Å². The lowest BCUT2D eigenvalue weighted by molar-refractivity contribution is 0.0697. The maximum Gasteiger partial charge on any atom is 0.335 e. The number of carbonyl (C=O) groups is 1. The number of aromatic nitrogens is 1. The first kappa shape index (κ1) is 15.5. The van der Waals surface area contributed by atoms with Gasteiger partial charge in [-0.3, -0.25) is 0 Å². The molecule has 0 aliphatic rings. The zero-order chi connectivity index (χ0) is 17.6. The minimum absolute atomic E-state index is 0.321. The highest BCUT2D eigenvalue weighted by atomic mass is 16.4. The van der Waals surface area contributed by atoms with Gasteiger partial charge in [0.2, 0.25) is 0 Å². The third-order valence-electron chi connectivity index (χ3n) is 4.90. The van der Waals surface area contributed by atoms with Gasteiger partial charge in [-0.2, -0.15) is 0 Å². The van der Waals surface area contributed by atoms with Gasteiger partial charge in [0.05, 0.1) is 11.1 Å². The molecule has 1 aromatic heterocycles. The molecule has 0 unspecified atom stereocenters. The fraction of sp³-hybridized carbons (Fsp3) is 0.136. The predicted octanol–water partition coefficient (Wildman–Crippen LogP) is 5.23. The smallest absolute Gasteiger partial charge is 0.335 e. The van der Waals surface area contributed by atoms with Crippen molar-refractivity contribution < 1.29 is 9.90 Å². The number of nitrogens with one attached hydrogen (secondary N) is 1. The number of hydrogen-bond donors (Lipinski definition) is 2. The van der Waals surface area contributed by atoms with Gasteiger partial charge in [0, 0.05) is 16.5 Å². The summed E-state index contributed by atoms with van der Waals surface area (Å²) in [5, 5.41) is 12.8. The van der Waals surface area contributed by atoms with Crippen molar-refractivity contribution in [2.24, 2.45) is 0 Å². The number of aromatic carboxylic acids is 1. The number of aryl methyl sites for hydroxylation is 2. The van der Waals surface area contributed by atoms with Crippen molar-refractivity contribution in [3.8, 4) is 0 Å².